The van der Waals surface area contributed by atoms with Crippen molar-refractivity contribution in [3.05, 3.63) is 52.8 Å². The van der Waals surface area contributed by atoms with Gasteiger partial charge in [0.05, 0.1) is 11.3 Å². The first-order valence-electron chi connectivity index (χ1n) is 7.39. The monoisotopic (exact) mass is 279 g/mol. The summed E-state index contributed by atoms with van der Waals surface area (Å²) in [5.74, 6) is 0. The van der Waals surface area contributed by atoms with Gasteiger partial charge in [0.25, 0.3) is 0 Å². The lowest BCUT2D eigenvalue weighted by Gasteiger charge is -2.34. The van der Waals surface area contributed by atoms with Crippen molar-refractivity contribution in [2.75, 3.05) is 0 Å². The van der Waals surface area contributed by atoms with Crippen LogP contribution in [0.2, 0.25) is 0 Å². The number of rotatable bonds is 1. The van der Waals surface area contributed by atoms with Crippen LogP contribution in [-0.4, -0.2) is 4.57 Å². The molecule has 1 unspecified atom stereocenters. The highest BCUT2D eigenvalue weighted by atomic mass is 15.0. The first-order valence-corrected chi connectivity index (χ1v) is 7.39. The summed E-state index contributed by atoms with van der Waals surface area (Å²) in [7, 11) is 0. The van der Waals surface area contributed by atoms with E-state index in [0.717, 1.165) is 29.7 Å². The van der Waals surface area contributed by atoms with E-state index in [1.165, 1.54) is 11.3 Å². The predicted octanol–water partition coefficient (Wildman–Crippen LogP) is 3.63. The van der Waals surface area contributed by atoms with E-state index in [4.69, 9.17) is 5.73 Å². The molecule has 0 saturated heterocycles. The minimum absolute atomic E-state index is 0.0837. The van der Waals surface area contributed by atoms with Gasteiger partial charge in [0.2, 0.25) is 0 Å². The molecular formula is C18H21N3. The highest BCUT2D eigenvalue weighted by molar-refractivity contribution is 5.55. The zero-order valence-electron chi connectivity index (χ0n) is 12.9. The van der Waals surface area contributed by atoms with Crippen LogP contribution < -0.4 is 5.73 Å². The maximum Gasteiger partial charge on any atom is 0.102 e. The standard InChI is InChI=1S/C18H21N3/c1-12-5-4-6-16(14(12)11-19)21-8-7-13-15(20)9-18(2,3)10-17(13)21/h4-8,15H,9-10,20H2,1-3H3. The SMILES string of the molecule is Cc1cccc(-n2ccc3c2CC(C)(C)CC3N)c1C#N. The third-order valence-corrected chi connectivity index (χ3v) is 4.47. The van der Waals surface area contributed by atoms with E-state index in [9.17, 15) is 5.26 Å². The van der Waals surface area contributed by atoms with E-state index >= 15 is 0 Å². The normalized spacial score (nSPS) is 19.9. The molecule has 3 heteroatoms. The van der Waals surface area contributed by atoms with Crippen molar-refractivity contribution in [2.45, 2.75) is 39.7 Å². The molecule has 0 fully saturated rings. The molecule has 1 heterocycles. The van der Waals surface area contributed by atoms with E-state index in [2.05, 4.69) is 36.7 Å². The summed E-state index contributed by atoms with van der Waals surface area (Å²) in [6.45, 7) is 6.50. The molecule has 0 saturated carbocycles. The molecule has 0 aliphatic heterocycles. The Morgan fingerprint density at radius 1 is 1.33 bits per heavy atom. The van der Waals surface area contributed by atoms with Crippen LogP contribution in [-0.2, 0) is 6.42 Å². The van der Waals surface area contributed by atoms with Gasteiger partial charge in [-0.1, -0.05) is 26.0 Å². The first-order chi connectivity index (χ1) is 9.93. The van der Waals surface area contributed by atoms with Crippen molar-refractivity contribution in [3.8, 4) is 11.8 Å². The van der Waals surface area contributed by atoms with Crippen LogP contribution in [0.15, 0.2) is 30.5 Å². The summed E-state index contributed by atoms with van der Waals surface area (Å²) < 4.78 is 2.15. The summed E-state index contributed by atoms with van der Waals surface area (Å²) in [5.41, 5.74) is 11.7. The smallest absolute Gasteiger partial charge is 0.102 e. The molecule has 0 bridgehead atoms. The zero-order valence-corrected chi connectivity index (χ0v) is 12.9. The van der Waals surface area contributed by atoms with Gasteiger partial charge in [0.15, 0.2) is 0 Å². The van der Waals surface area contributed by atoms with Crippen molar-refractivity contribution in [1.29, 1.82) is 5.26 Å². The molecule has 3 nitrogen and oxygen atoms in total. The number of hydrogen-bond acceptors (Lipinski definition) is 2. The van der Waals surface area contributed by atoms with Crippen LogP contribution in [0.3, 0.4) is 0 Å². The fraction of sp³-hybridized carbons (Fsp3) is 0.389. The van der Waals surface area contributed by atoms with E-state index in [1.54, 1.807) is 0 Å². The quantitative estimate of drug-likeness (QED) is 0.866. The van der Waals surface area contributed by atoms with Gasteiger partial charge < -0.3 is 10.3 Å². The molecule has 0 radical (unpaired) electrons. The number of nitrogens with zero attached hydrogens (tertiary/aromatic N) is 2. The second kappa shape index (κ2) is 4.75. The van der Waals surface area contributed by atoms with Gasteiger partial charge in [-0.15, -0.1) is 0 Å². The maximum atomic E-state index is 9.47. The van der Waals surface area contributed by atoms with Gasteiger partial charge in [-0.25, -0.2) is 0 Å². The maximum absolute atomic E-state index is 9.47. The second-order valence-electron chi connectivity index (χ2n) is 6.82. The molecule has 3 rings (SSSR count). The summed E-state index contributed by atoms with van der Waals surface area (Å²) >= 11 is 0. The van der Waals surface area contributed by atoms with Crippen LogP contribution >= 0.6 is 0 Å². The van der Waals surface area contributed by atoms with Gasteiger partial charge in [0.1, 0.15) is 6.07 Å². The summed E-state index contributed by atoms with van der Waals surface area (Å²) in [4.78, 5) is 0. The van der Waals surface area contributed by atoms with Crippen LogP contribution in [0, 0.1) is 23.7 Å². The molecule has 2 aromatic rings. The Hall–Kier alpha value is -2.05. The lowest BCUT2D eigenvalue weighted by molar-refractivity contribution is 0.278. The molecule has 108 valence electrons. The average molecular weight is 279 g/mol. The number of nitrogens with two attached hydrogens (primary N) is 1. The molecule has 1 atom stereocenters. The molecule has 1 aromatic carbocycles. The Morgan fingerprint density at radius 2 is 2.10 bits per heavy atom. The summed E-state index contributed by atoms with van der Waals surface area (Å²) in [5, 5.41) is 9.47. The predicted molar refractivity (Wildman–Crippen MR) is 84.3 cm³/mol. The first kappa shape index (κ1) is 13.9. The highest BCUT2D eigenvalue weighted by Crippen LogP contribution is 2.41. The lowest BCUT2D eigenvalue weighted by atomic mass is 9.74. The number of aromatic nitrogens is 1. The zero-order chi connectivity index (χ0) is 15.2. The Labute approximate surface area is 126 Å². The van der Waals surface area contributed by atoms with Crippen LogP contribution in [0.4, 0.5) is 0 Å². The fourth-order valence-electron chi connectivity index (χ4n) is 3.46. The van der Waals surface area contributed by atoms with Gasteiger partial charge in [-0.2, -0.15) is 5.26 Å². The van der Waals surface area contributed by atoms with Crippen molar-refractivity contribution in [3.63, 3.8) is 0 Å². The van der Waals surface area contributed by atoms with E-state index < -0.39 is 0 Å². The summed E-state index contributed by atoms with van der Waals surface area (Å²) in [6.07, 6.45) is 4.05. The lowest BCUT2D eigenvalue weighted by Crippen LogP contribution is -2.30. The van der Waals surface area contributed by atoms with Crippen LogP contribution in [0.5, 0.6) is 0 Å². The van der Waals surface area contributed by atoms with Crippen LogP contribution in [0.25, 0.3) is 5.69 Å². The Bertz CT molecular complexity index is 731. The van der Waals surface area contributed by atoms with Gasteiger partial charge in [-0.05, 0) is 48.4 Å². The van der Waals surface area contributed by atoms with Crippen molar-refractivity contribution in [2.24, 2.45) is 11.1 Å². The summed E-state index contributed by atoms with van der Waals surface area (Å²) in [6, 6.07) is 10.5. The largest absolute Gasteiger partial charge is 0.324 e. The molecule has 2 N–H and O–H groups in total. The minimum atomic E-state index is 0.0837. The number of fused-ring (bicyclic) bond motifs is 1. The van der Waals surface area contributed by atoms with Gasteiger partial charge in [-0.3, -0.25) is 0 Å². The van der Waals surface area contributed by atoms with Crippen LogP contribution in [0.1, 0.15) is 48.7 Å². The molecule has 0 amide bonds. The number of aryl methyl sites for hydroxylation is 1. The second-order valence-corrected chi connectivity index (χ2v) is 6.82. The minimum Gasteiger partial charge on any atom is -0.324 e. The van der Waals surface area contributed by atoms with E-state index in [1.807, 2.05) is 25.1 Å². The van der Waals surface area contributed by atoms with Crippen molar-refractivity contribution >= 4 is 0 Å². The molecule has 1 aromatic heterocycles. The van der Waals surface area contributed by atoms with Gasteiger partial charge >= 0.3 is 0 Å². The van der Waals surface area contributed by atoms with Crippen molar-refractivity contribution in [1.82, 2.24) is 4.57 Å². The number of nitriles is 1. The Balaban J connectivity index is 2.20. The molecule has 0 spiro atoms. The Morgan fingerprint density at radius 3 is 2.81 bits per heavy atom. The topological polar surface area (TPSA) is 54.7 Å². The van der Waals surface area contributed by atoms with E-state index in [-0.39, 0.29) is 11.5 Å². The average Bonchev–Trinajstić information content (AvgIpc) is 2.80. The molecular weight excluding hydrogens is 258 g/mol. The molecule has 1 aliphatic rings. The van der Waals surface area contributed by atoms with Gasteiger partial charge in [0, 0.05) is 17.9 Å². The number of hydrogen-bond donors (Lipinski definition) is 1. The third kappa shape index (κ3) is 2.26. The highest BCUT2D eigenvalue weighted by Gasteiger charge is 2.32. The molecule has 21 heavy (non-hydrogen) atoms. The van der Waals surface area contributed by atoms with Crippen molar-refractivity contribution < 1.29 is 0 Å². The third-order valence-electron chi connectivity index (χ3n) is 4.47. The van der Waals surface area contributed by atoms with E-state index in [0.29, 0.717) is 0 Å². The fourth-order valence-corrected chi connectivity index (χ4v) is 3.46. The number of benzene rings is 1. The molecule has 1 aliphatic carbocycles. The Kier molecular flexibility index (Phi) is 3.15.